The Kier molecular flexibility index (Phi) is 8.86. The van der Waals surface area contributed by atoms with Crippen LogP contribution in [0.1, 0.15) is 39.2 Å². The van der Waals surface area contributed by atoms with E-state index in [-0.39, 0.29) is 31.0 Å². The minimum atomic E-state index is -0.369. The van der Waals surface area contributed by atoms with Gasteiger partial charge in [0.1, 0.15) is 18.5 Å². The van der Waals surface area contributed by atoms with Crippen molar-refractivity contribution in [2.24, 2.45) is 5.73 Å². The van der Waals surface area contributed by atoms with Crippen molar-refractivity contribution in [2.75, 3.05) is 13.2 Å². The van der Waals surface area contributed by atoms with Crippen molar-refractivity contribution < 1.29 is 19.1 Å². The fourth-order valence-electron chi connectivity index (χ4n) is 2.04. The lowest BCUT2D eigenvalue weighted by molar-refractivity contribution is -0.150. The Morgan fingerprint density at radius 1 is 1.21 bits per heavy atom. The third-order valence-corrected chi connectivity index (χ3v) is 3.24. The van der Waals surface area contributed by atoms with Crippen LogP contribution in [0.5, 0.6) is 5.75 Å². The van der Waals surface area contributed by atoms with Gasteiger partial charge in [0.25, 0.3) is 0 Å². The summed E-state index contributed by atoms with van der Waals surface area (Å²) in [5, 5.41) is 3.25. The molecule has 0 spiro atoms. The van der Waals surface area contributed by atoms with E-state index in [9.17, 15) is 9.59 Å². The van der Waals surface area contributed by atoms with Gasteiger partial charge in [-0.25, -0.2) is 0 Å². The van der Waals surface area contributed by atoms with Crippen LogP contribution in [-0.2, 0) is 20.7 Å². The molecule has 1 aromatic carbocycles. The molecule has 0 saturated carbocycles. The molecular weight excluding hydrogens is 308 g/mol. The Bertz CT molecular complexity index is 514. The summed E-state index contributed by atoms with van der Waals surface area (Å²) < 4.78 is 11.2. The largest absolute Gasteiger partial charge is 0.490 e. The summed E-state index contributed by atoms with van der Waals surface area (Å²) in [7, 11) is 0. The molecule has 6 nitrogen and oxygen atoms in total. The molecule has 0 aromatic heterocycles. The molecule has 1 amide bonds. The minimum Gasteiger partial charge on any atom is -0.490 e. The summed E-state index contributed by atoms with van der Waals surface area (Å²) in [5.74, 6) is 0.0732. The van der Waals surface area contributed by atoms with Gasteiger partial charge in [0.05, 0.1) is 6.42 Å². The summed E-state index contributed by atoms with van der Waals surface area (Å²) in [5.41, 5.74) is 6.00. The molecule has 24 heavy (non-hydrogen) atoms. The summed E-state index contributed by atoms with van der Waals surface area (Å²) in [6.07, 6.45) is 1.01. The van der Waals surface area contributed by atoms with Gasteiger partial charge in [0.2, 0.25) is 5.91 Å². The molecule has 0 aliphatic heterocycles. The van der Waals surface area contributed by atoms with Crippen LogP contribution < -0.4 is 15.8 Å². The number of rotatable bonds is 11. The molecule has 0 bridgehead atoms. The van der Waals surface area contributed by atoms with Crippen LogP contribution in [0, 0.1) is 0 Å². The molecule has 3 N–H and O–H groups in total. The van der Waals surface area contributed by atoms with Crippen LogP contribution in [-0.4, -0.2) is 37.2 Å². The number of nitrogens with two attached hydrogens (primary N) is 1. The van der Waals surface area contributed by atoms with E-state index >= 15 is 0 Å². The zero-order valence-electron chi connectivity index (χ0n) is 14.7. The second kappa shape index (κ2) is 10.6. The number of hydrogen-bond donors (Lipinski definition) is 2. The number of amides is 1. The summed E-state index contributed by atoms with van der Waals surface area (Å²) in [6, 6.07) is 7.44. The number of ether oxygens (including phenoxy) is 2. The SMILES string of the molecule is CCCC(=O)OC(CNC(C)C)COc1ccc(CC(N)=O)cc1. The molecule has 1 rings (SSSR count). The van der Waals surface area contributed by atoms with Crippen molar-refractivity contribution in [2.45, 2.75) is 52.2 Å². The van der Waals surface area contributed by atoms with Crippen LogP contribution in [0.15, 0.2) is 24.3 Å². The first-order valence-electron chi connectivity index (χ1n) is 8.33. The van der Waals surface area contributed by atoms with Gasteiger partial charge in [-0.1, -0.05) is 32.9 Å². The van der Waals surface area contributed by atoms with E-state index in [1.165, 1.54) is 0 Å². The smallest absolute Gasteiger partial charge is 0.306 e. The molecule has 6 heteroatoms. The summed E-state index contributed by atoms with van der Waals surface area (Å²) in [6.45, 7) is 6.80. The van der Waals surface area contributed by atoms with E-state index in [2.05, 4.69) is 5.32 Å². The molecule has 1 aromatic rings. The van der Waals surface area contributed by atoms with Crippen LogP contribution in [0.3, 0.4) is 0 Å². The maximum atomic E-state index is 11.7. The lowest BCUT2D eigenvalue weighted by Crippen LogP contribution is -2.38. The Balaban J connectivity index is 2.55. The number of carbonyl (C=O) groups excluding carboxylic acids is 2. The number of hydrogen-bond acceptors (Lipinski definition) is 5. The van der Waals surface area contributed by atoms with E-state index in [0.717, 1.165) is 12.0 Å². The average molecular weight is 336 g/mol. The van der Waals surface area contributed by atoms with Gasteiger partial charge in [-0.2, -0.15) is 0 Å². The second-order valence-electron chi connectivity index (χ2n) is 6.02. The zero-order valence-corrected chi connectivity index (χ0v) is 14.7. The lowest BCUT2D eigenvalue weighted by atomic mass is 10.1. The predicted octanol–water partition coefficient (Wildman–Crippen LogP) is 1.80. The molecule has 0 aliphatic rings. The molecular formula is C18H28N2O4. The first-order valence-corrected chi connectivity index (χ1v) is 8.33. The zero-order chi connectivity index (χ0) is 17.9. The topological polar surface area (TPSA) is 90.7 Å². The number of carbonyl (C=O) groups is 2. The van der Waals surface area contributed by atoms with Crippen molar-refractivity contribution >= 4 is 11.9 Å². The minimum absolute atomic E-state index is 0.204. The fraction of sp³-hybridized carbons (Fsp3) is 0.556. The van der Waals surface area contributed by atoms with Crippen molar-refractivity contribution in [1.29, 1.82) is 0 Å². The van der Waals surface area contributed by atoms with E-state index in [1.54, 1.807) is 24.3 Å². The molecule has 0 radical (unpaired) electrons. The van der Waals surface area contributed by atoms with Crippen molar-refractivity contribution in [3.8, 4) is 5.75 Å². The van der Waals surface area contributed by atoms with Crippen molar-refractivity contribution in [1.82, 2.24) is 5.32 Å². The van der Waals surface area contributed by atoms with Crippen molar-refractivity contribution in [3.05, 3.63) is 29.8 Å². The number of esters is 1. The van der Waals surface area contributed by atoms with Gasteiger partial charge in [0, 0.05) is 19.0 Å². The molecule has 0 aliphatic carbocycles. The van der Waals surface area contributed by atoms with Gasteiger partial charge in [-0.05, 0) is 24.1 Å². The molecule has 1 atom stereocenters. The Labute approximate surface area is 143 Å². The van der Waals surface area contributed by atoms with Gasteiger partial charge in [-0.15, -0.1) is 0 Å². The number of nitrogens with one attached hydrogen (secondary N) is 1. The van der Waals surface area contributed by atoms with Gasteiger partial charge < -0.3 is 20.5 Å². The first kappa shape index (κ1) is 20.0. The highest BCUT2D eigenvalue weighted by Gasteiger charge is 2.15. The number of primary amides is 1. The van der Waals surface area contributed by atoms with E-state index in [1.807, 2.05) is 20.8 Å². The predicted molar refractivity (Wildman–Crippen MR) is 92.8 cm³/mol. The monoisotopic (exact) mass is 336 g/mol. The van der Waals surface area contributed by atoms with Gasteiger partial charge >= 0.3 is 5.97 Å². The molecule has 0 saturated heterocycles. The quantitative estimate of drug-likeness (QED) is 0.601. The Morgan fingerprint density at radius 2 is 1.88 bits per heavy atom. The van der Waals surface area contributed by atoms with E-state index in [4.69, 9.17) is 15.2 Å². The van der Waals surface area contributed by atoms with Gasteiger partial charge in [-0.3, -0.25) is 9.59 Å². The first-order chi connectivity index (χ1) is 11.4. The fourth-order valence-corrected chi connectivity index (χ4v) is 2.04. The van der Waals surface area contributed by atoms with E-state index < -0.39 is 0 Å². The third-order valence-electron chi connectivity index (χ3n) is 3.24. The van der Waals surface area contributed by atoms with Crippen molar-refractivity contribution in [3.63, 3.8) is 0 Å². The normalized spacial score (nSPS) is 12.0. The molecule has 0 heterocycles. The highest BCUT2D eigenvalue weighted by molar-refractivity contribution is 5.76. The Morgan fingerprint density at radius 3 is 2.42 bits per heavy atom. The van der Waals surface area contributed by atoms with Crippen LogP contribution in [0.4, 0.5) is 0 Å². The van der Waals surface area contributed by atoms with Crippen LogP contribution in [0.25, 0.3) is 0 Å². The second-order valence-corrected chi connectivity index (χ2v) is 6.02. The standard InChI is InChI=1S/C18H28N2O4/c1-4-5-18(22)24-16(11-20-13(2)3)12-23-15-8-6-14(7-9-15)10-17(19)21/h6-9,13,16,20H,4-5,10-12H2,1-3H3,(H2,19,21). The lowest BCUT2D eigenvalue weighted by Gasteiger charge is -2.20. The maximum Gasteiger partial charge on any atom is 0.306 e. The Hall–Kier alpha value is -2.08. The van der Waals surface area contributed by atoms with Crippen LogP contribution in [0.2, 0.25) is 0 Å². The summed E-state index contributed by atoms with van der Waals surface area (Å²) in [4.78, 5) is 22.6. The highest BCUT2D eigenvalue weighted by atomic mass is 16.6. The summed E-state index contributed by atoms with van der Waals surface area (Å²) >= 11 is 0. The molecule has 1 unspecified atom stereocenters. The maximum absolute atomic E-state index is 11.7. The van der Waals surface area contributed by atoms with Gasteiger partial charge in [0.15, 0.2) is 0 Å². The third kappa shape index (κ3) is 8.53. The number of benzene rings is 1. The van der Waals surface area contributed by atoms with Crippen LogP contribution >= 0.6 is 0 Å². The average Bonchev–Trinajstić information content (AvgIpc) is 2.51. The highest BCUT2D eigenvalue weighted by Crippen LogP contribution is 2.13. The van der Waals surface area contributed by atoms with E-state index in [0.29, 0.717) is 24.8 Å². The molecule has 134 valence electrons. The molecule has 0 fully saturated rings.